The SMILES string of the molecule is CCOC(C1CC1)C(Cc1ncnn1CC(C)C)NN. The molecule has 114 valence electrons. The summed E-state index contributed by atoms with van der Waals surface area (Å²) in [6.07, 6.45) is 5.03. The Labute approximate surface area is 121 Å². The summed E-state index contributed by atoms with van der Waals surface area (Å²) in [5, 5.41) is 4.31. The van der Waals surface area contributed by atoms with Crippen LogP contribution in [0, 0.1) is 11.8 Å². The molecule has 2 rings (SSSR count). The van der Waals surface area contributed by atoms with Gasteiger partial charge in [-0.25, -0.2) is 9.67 Å². The van der Waals surface area contributed by atoms with Crippen LogP contribution < -0.4 is 11.3 Å². The minimum atomic E-state index is 0.0950. The summed E-state index contributed by atoms with van der Waals surface area (Å²) in [5.41, 5.74) is 2.92. The van der Waals surface area contributed by atoms with Crippen LogP contribution >= 0.6 is 0 Å². The molecule has 0 spiro atoms. The van der Waals surface area contributed by atoms with E-state index in [1.54, 1.807) is 6.33 Å². The fraction of sp³-hybridized carbons (Fsp3) is 0.857. The van der Waals surface area contributed by atoms with Crippen molar-refractivity contribution in [3.63, 3.8) is 0 Å². The van der Waals surface area contributed by atoms with Gasteiger partial charge in [0.05, 0.1) is 12.1 Å². The van der Waals surface area contributed by atoms with Crippen LogP contribution in [-0.2, 0) is 17.7 Å². The minimum absolute atomic E-state index is 0.0950. The Morgan fingerprint density at radius 2 is 2.25 bits per heavy atom. The lowest BCUT2D eigenvalue weighted by molar-refractivity contribution is 0.0184. The average Bonchev–Trinajstić information content (AvgIpc) is 3.16. The molecule has 6 nitrogen and oxygen atoms in total. The molecular weight excluding hydrogens is 254 g/mol. The quantitative estimate of drug-likeness (QED) is 0.524. The molecule has 1 aliphatic carbocycles. The molecule has 1 saturated carbocycles. The first-order valence-corrected chi connectivity index (χ1v) is 7.60. The first kappa shape index (κ1) is 15.4. The first-order chi connectivity index (χ1) is 9.65. The molecule has 0 bridgehead atoms. The minimum Gasteiger partial charge on any atom is -0.377 e. The van der Waals surface area contributed by atoms with E-state index in [4.69, 9.17) is 10.6 Å². The Morgan fingerprint density at radius 3 is 2.80 bits per heavy atom. The summed E-state index contributed by atoms with van der Waals surface area (Å²) >= 11 is 0. The smallest absolute Gasteiger partial charge is 0.138 e. The molecule has 2 unspecified atom stereocenters. The highest BCUT2D eigenvalue weighted by atomic mass is 16.5. The molecule has 20 heavy (non-hydrogen) atoms. The molecule has 1 heterocycles. The van der Waals surface area contributed by atoms with E-state index in [1.807, 2.05) is 11.6 Å². The predicted molar refractivity (Wildman–Crippen MR) is 77.8 cm³/mol. The molecule has 0 aliphatic heterocycles. The Bertz CT molecular complexity index is 402. The van der Waals surface area contributed by atoms with Gasteiger partial charge in [0, 0.05) is 19.6 Å². The summed E-state index contributed by atoms with van der Waals surface area (Å²) in [5.74, 6) is 7.91. The zero-order valence-corrected chi connectivity index (χ0v) is 12.7. The normalized spacial score (nSPS) is 18.4. The highest BCUT2D eigenvalue weighted by molar-refractivity contribution is 4.97. The number of ether oxygens (including phenoxy) is 1. The Hall–Kier alpha value is -0.980. The van der Waals surface area contributed by atoms with E-state index in [-0.39, 0.29) is 12.1 Å². The molecule has 0 aromatic carbocycles. The number of nitrogens with one attached hydrogen (secondary N) is 1. The van der Waals surface area contributed by atoms with Crippen LogP contribution in [0.4, 0.5) is 0 Å². The molecule has 6 heteroatoms. The van der Waals surface area contributed by atoms with Gasteiger partial charge in [-0.2, -0.15) is 5.10 Å². The molecule has 0 saturated heterocycles. The van der Waals surface area contributed by atoms with E-state index in [1.165, 1.54) is 12.8 Å². The zero-order valence-electron chi connectivity index (χ0n) is 12.7. The van der Waals surface area contributed by atoms with Crippen molar-refractivity contribution >= 4 is 0 Å². The van der Waals surface area contributed by atoms with E-state index < -0.39 is 0 Å². The molecular formula is C14H27N5O. The number of aromatic nitrogens is 3. The predicted octanol–water partition coefficient (Wildman–Crippen LogP) is 1.12. The number of hydrogen-bond acceptors (Lipinski definition) is 5. The van der Waals surface area contributed by atoms with Crippen LogP contribution in [0.5, 0.6) is 0 Å². The third kappa shape index (κ3) is 4.01. The van der Waals surface area contributed by atoms with Gasteiger partial charge < -0.3 is 4.74 Å². The number of hydrogen-bond donors (Lipinski definition) is 2. The molecule has 1 fully saturated rings. The van der Waals surface area contributed by atoms with E-state index in [0.717, 1.165) is 25.4 Å². The van der Waals surface area contributed by atoms with E-state index in [2.05, 4.69) is 29.4 Å². The largest absolute Gasteiger partial charge is 0.377 e. The molecule has 3 N–H and O–H groups in total. The van der Waals surface area contributed by atoms with Gasteiger partial charge in [0.25, 0.3) is 0 Å². The van der Waals surface area contributed by atoms with Crippen molar-refractivity contribution in [3.8, 4) is 0 Å². The van der Waals surface area contributed by atoms with Crippen molar-refractivity contribution in [3.05, 3.63) is 12.2 Å². The van der Waals surface area contributed by atoms with E-state index >= 15 is 0 Å². The molecule has 0 radical (unpaired) electrons. The lowest BCUT2D eigenvalue weighted by atomic mass is 10.0. The van der Waals surface area contributed by atoms with Crippen molar-refractivity contribution in [2.24, 2.45) is 17.7 Å². The third-order valence-corrected chi connectivity index (χ3v) is 3.69. The van der Waals surface area contributed by atoms with Crippen LogP contribution in [0.2, 0.25) is 0 Å². The average molecular weight is 281 g/mol. The van der Waals surface area contributed by atoms with Gasteiger partial charge >= 0.3 is 0 Å². The van der Waals surface area contributed by atoms with Gasteiger partial charge in [0.1, 0.15) is 12.2 Å². The molecule has 1 aromatic rings. The molecule has 0 amide bonds. The van der Waals surface area contributed by atoms with Crippen LogP contribution in [0.25, 0.3) is 0 Å². The summed E-state index contributed by atoms with van der Waals surface area (Å²) in [7, 11) is 0. The van der Waals surface area contributed by atoms with Gasteiger partial charge in [-0.1, -0.05) is 13.8 Å². The first-order valence-electron chi connectivity index (χ1n) is 7.60. The Morgan fingerprint density at radius 1 is 1.50 bits per heavy atom. The second-order valence-electron chi connectivity index (χ2n) is 5.99. The van der Waals surface area contributed by atoms with Crippen LogP contribution in [0.1, 0.15) is 39.4 Å². The Kier molecular flexibility index (Phi) is 5.51. The molecule has 1 aromatic heterocycles. The second-order valence-corrected chi connectivity index (χ2v) is 5.99. The van der Waals surface area contributed by atoms with Gasteiger partial charge in [-0.05, 0) is 31.6 Å². The van der Waals surface area contributed by atoms with Gasteiger partial charge in [-0.15, -0.1) is 0 Å². The van der Waals surface area contributed by atoms with Crippen LogP contribution in [-0.4, -0.2) is 33.5 Å². The highest BCUT2D eigenvalue weighted by Gasteiger charge is 2.37. The lowest BCUT2D eigenvalue weighted by Crippen LogP contribution is -2.48. The van der Waals surface area contributed by atoms with Crippen LogP contribution in [0.3, 0.4) is 0 Å². The lowest BCUT2D eigenvalue weighted by Gasteiger charge is -2.26. The van der Waals surface area contributed by atoms with Crippen molar-refractivity contribution in [1.82, 2.24) is 20.2 Å². The zero-order chi connectivity index (χ0) is 14.5. The van der Waals surface area contributed by atoms with Crippen molar-refractivity contribution in [2.45, 2.75) is 58.7 Å². The van der Waals surface area contributed by atoms with Gasteiger partial charge in [-0.3, -0.25) is 11.3 Å². The third-order valence-electron chi connectivity index (χ3n) is 3.69. The number of rotatable bonds is 9. The molecule has 2 atom stereocenters. The monoisotopic (exact) mass is 281 g/mol. The van der Waals surface area contributed by atoms with Gasteiger partial charge in [0.15, 0.2) is 0 Å². The van der Waals surface area contributed by atoms with Crippen LogP contribution in [0.15, 0.2) is 6.33 Å². The van der Waals surface area contributed by atoms with Gasteiger partial charge in [0.2, 0.25) is 0 Å². The number of nitrogens with two attached hydrogens (primary N) is 1. The standard InChI is InChI=1S/C14H27N5O/c1-4-20-14(11-5-6-11)12(18-15)7-13-16-9-17-19(13)8-10(2)3/h9-12,14,18H,4-8,15H2,1-3H3. The fourth-order valence-corrected chi connectivity index (χ4v) is 2.61. The van der Waals surface area contributed by atoms with E-state index in [9.17, 15) is 0 Å². The maximum Gasteiger partial charge on any atom is 0.138 e. The number of nitrogens with zero attached hydrogens (tertiary/aromatic N) is 3. The maximum atomic E-state index is 5.89. The van der Waals surface area contributed by atoms with E-state index in [0.29, 0.717) is 11.8 Å². The summed E-state index contributed by atoms with van der Waals surface area (Å²) in [6, 6.07) is 0.0950. The van der Waals surface area contributed by atoms with Crippen molar-refractivity contribution in [2.75, 3.05) is 6.61 Å². The topological polar surface area (TPSA) is 78.0 Å². The Balaban J connectivity index is 2.03. The number of hydrazine groups is 1. The maximum absolute atomic E-state index is 5.89. The fourth-order valence-electron chi connectivity index (χ4n) is 2.61. The molecule has 1 aliphatic rings. The summed E-state index contributed by atoms with van der Waals surface area (Å²) in [4.78, 5) is 4.38. The summed E-state index contributed by atoms with van der Waals surface area (Å²) < 4.78 is 7.87. The van der Waals surface area contributed by atoms with Crippen molar-refractivity contribution < 1.29 is 4.74 Å². The second kappa shape index (κ2) is 7.15. The highest BCUT2D eigenvalue weighted by Crippen LogP contribution is 2.36. The summed E-state index contributed by atoms with van der Waals surface area (Å²) in [6.45, 7) is 7.99. The van der Waals surface area contributed by atoms with Crippen molar-refractivity contribution in [1.29, 1.82) is 0 Å².